The van der Waals surface area contributed by atoms with Gasteiger partial charge in [0.1, 0.15) is 23.1 Å². The molecule has 0 saturated heterocycles. The molecule has 0 spiro atoms. The highest BCUT2D eigenvalue weighted by molar-refractivity contribution is 9.10. The molecule has 88 valence electrons. The lowest BCUT2D eigenvalue weighted by molar-refractivity contribution is 0.622. The van der Waals surface area contributed by atoms with Crippen molar-refractivity contribution in [3.05, 3.63) is 45.5 Å². The van der Waals surface area contributed by atoms with Crippen molar-refractivity contribution in [2.24, 2.45) is 0 Å². The van der Waals surface area contributed by atoms with Crippen molar-refractivity contribution in [1.82, 2.24) is 9.97 Å². The SMILES string of the molecule is Cc1c(Cl)ncnc1Nc1ccc(Br)c(F)c1. The molecule has 1 aromatic carbocycles. The van der Waals surface area contributed by atoms with Gasteiger partial charge in [-0.3, -0.25) is 0 Å². The number of hydrogen-bond donors (Lipinski definition) is 1. The van der Waals surface area contributed by atoms with Gasteiger partial charge in [0.25, 0.3) is 0 Å². The predicted octanol–water partition coefficient (Wildman–Crippen LogP) is 4.08. The summed E-state index contributed by atoms with van der Waals surface area (Å²) < 4.78 is 13.7. The first-order valence-corrected chi connectivity index (χ1v) is 5.94. The van der Waals surface area contributed by atoms with E-state index in [0.29, 0.717) is 21.1 Å². The molecule has 0 amide bonds. The van der Waals surface area contributed by atoms with Crippen molar-refractivity contribution in [2.45, 2.75) is 6.92 Å². The zero-order chi connectivity index (χ0) is 12.4. The number of aromatic nitrogens is 2. The second kappa shape index (κ2) is 4.98. The summed E-state index contributed by atoms with van der Waals surface area (Å²) in [6.07, 6.45) is 1.35. The molecule has 2 rings (SSSR count). The van der Waals surface area contributed by atoms with E-state index in [2.05, 4.69) is 31.2 Å². The van der Waals surface area contributed by atoms with Crippen LogP contribution in [0.5, 0.6) is 0 Å². The number of anilines is 2. The maximum atomic E-state index is 13.3. The van der Waals surface area contributed by atoms with E-state index in [-0.39, 0.29) is 5.82 Å². The Balaban J connectivity index is 2.31. The highest BCUT2D eigenvalue weighted by atomic mass is 79.9. The van der Waals surface area contributed by atoms with E-state index in [1.807, 2.05) is 0 Å². The van der Waals surface area contributed by atoms with E-state index < -0.39 is 0 Å². The van der Waals surface area contributed by atoms with E-state index in [0.717, 1.165) is 5.56 Å². The number of benzene rings is 1. The van der Waals surface area contributed by atoms with Crippen molar-refractivity contribution in [1.29, 1.82) is 0 Å². The highest BCUT2D eigenvalue weighted by Crippen LogP contribution is 2.24. The van der Waals surface area contributed by atoms with E-state index in [9.17, 15) is 4.39 Å². The minimum Gasteiger partial charge on any atom is -0.340 e. The molecule has 3 nitrogen and oxygen atoms in total. The van der Waals surface area contributed by atoms with Gasteiger partial charge in [-0.05, 0) is 41.1 Å². The molecule has 0 aliphatic heterocycles. The molecule has 0 aliphatic rings. The average molecular weight is 317 g/mol. The summed E-state index contributed by atoms with van der Waals surface area (Å²) in [5, 5.41) is 3.36. The van der Waals surface area contributed by atoms with E-state index >= 15 is 0 Å². The lowest BCUT2D eigenvalue weighted by atomic mass is 10.3. The molecule has 0 atom stereocenters. The normalized spacial score (nSPS) is 10.4. The molecule has 0 radical (unpaired) electrons. The van der Waals surface area contributed by atoms with Gasteiger partial charge in [-0.1, -0.05) is 11.6 Å². The van der Waals surface area contributed by atoms with Crippen molar-refractivity contribution in [3.8, 4) is 0 Å². The van der Waals surface area contributed by atoms with Gasteiger partial charge < -0.3 is 5.32 Å². The van der Waals surface area contributed by atoms with Gasteiger partial charge in [0.05, 0.1) is 4.47 Å². The third-order valence-electron chi connectivity index (χ3n) is 2.20. The minimum atomic E-state index is -0.340. The van der Waals surface area contributed by atoms with Crippen LogP contribution in [0.2, 0.25) is 5.15 Å². The molecule has 0 saturated carbocycles. The van der Waals surface area contributed by atoms with Crippen molar-refractivity contribution >= 4 is 39.0 Å². The van der Waals surface area contributed by atoms with Crippen molar-refractivity contribution in [2.75, 3.05) is 5.32 Å². The molecule has 1 aromatic heterocycles. The number of nitrogens with zero attached hydrogens (tertiary/aromatic N) is 2. The van der Waals surface area contributed by atoms with Gasteiger partial charge in [0.15, 0.2) is 0 Å². The summed E-state index contributed by atoms with van der Waals surface area (Å²) in [6.45, 7) is 1.79. The standard InChI is InChI=1S/C11H8BrClFN3/c1-6-10(13)15-5-16-11(6)17-7-2-3-8(12)9(14)4-7/h2-5H,1H3,(H,15,16,17). The van der Waals surface area contributed by atoms with Crippen LogP contribution < -0.4 is 5.32 Å². The quantitative estimate of drug-likeness (QED) is 0.848. The first kappa shape index (κ1) is 12.3. The Hall–Kier alpha value is -1.20. The third kappa shape index (κ3) is 2.73. The Morgan fingerprint density at radius 1 is 1.35 bits per heavy atom. The third-order valence-corrected chi connectivity index (χ3v) is 3.23. The summed E-state index contributed by atoms with van der Waals surface area (Å²) >= 11 is 8.96. The molecule has 0 fully saturated rings. The molecule has 2 aromatic rings. The molecule has 6 heteroatoms. The van der Waals surface area contributed by atoms with Crippen LogP contribution in [-0.4, -0.2) is 9.97 Å². The van der Waals surface area contributed by atoms with Gasteiger partial charge in [0.2, 0.25) is 0 Å². The first-order valence-electron chi connectivity index (χ1n) is 4.77. The Labute approximate surface area is 111 Å². The van der Waals surface area contributed by atoms with Crippen molar-refractivity contribution < 1.29 is 4.39 Å². The summed E-state index contributed by atoms with van der Waals surface area (Å²) in [7, 11) is 0. The van der Waals surface area contributed by atoms with E-state index in [1.165, 1.54) is 12.4 Å². The van der Waals surface area contributed by atoms with Crippen molar-refractivity contribution in [3.63, 3.8) is 0 Å². The number of halogens is 3. The summed E-state index contributed by atoms with van der Waals surface area (Å²) in [6, 6.07) is 4.73. The second-order valence-electron chi connectivity index (χ2n) is 3.39. The Morgan fingerprint density at radius 3 is 2.82 bits per heavy atom. The van der Waals surface area contributed by atoms with Crippen LogP contribution in [0.4, 0.5) is 15.9 Å². The molecule has 0 aliphatic carbocycles. The zero-order valence-electron chi connectivity index (χ0n) is 8.84. The molecule has 1 N–H and O–H groups in total. The average Bonchev–Trinajstić information content (AvgIpc) is 2.30. The summed E-state index contributed by atoms with van der Waals surface area (Å²) in [5.74, 6) is 0.222. The van der Waals surface area contributed by atoms with Crippen LogP contribution in [-0.2, 0) is 0 Å². The van der Waals surface area contributed by atoms with Gasteiger partial charge >= 0.3 is 0 Å². The molecule has 0 bridgehead atoms. The Bertz CT molecular complexity index is 562. The lowest BCUT2D eigenvalue weighted by Gasteiger charge is -2.09. The molecule has 17 heavy (non-hydrogen) atoms. The number of hydrogen-bond acceptors (Lipinski definition) is 3. The number of rotatable bonds is 2. The van der Waals surface area contributed by atoms with Crippen LogP contribution in [0.3, 0.4) is 0 Å². The maximum absolute atomic E-state index is 13.3. The zero-order valence-corrected chi connectivity index (χ0v) is 11.2. The largest absolute Gasteiger partial charge is 0.340 e. The highest BCUT2D eigenvalue weighted by Gasteiger charge is 2.06. The molecular formula is C11H8BrClFN3. The second-order valence-corrected chi connectivity index (χ2v) is 4.60. The van der Waals surface area contributed by atoms with Gasteiger partial charge in [-0.15, -0.1) is 0 Å². The van der Waals surface area contributed by atoms with Crippen LogP contribution in [0.15, 0.2) is 29.0 Å². The van der Waals surface area contributed by atoms with Gasteiger partial charge in [-0.25, -0.2) is 14.4 Å². The summed E-state index contributed by atoms with van der Waals surface area (Å²) in [5.41, 5.74) is 1.32. The number of nitrogens with one attached hydrogen (secondary N) is 1. The fourth-order valence-corrected chi connectivity index (χ4v) is 1.65. The fraction of sp³-hybridized carbons (Fsp3) is 0.0909. The maximum Gasteiger partial charge on any atom is 0.139 e. The van der Waals surface area contributed by atoms with Crippen LogP contribution in [0.25, 0.3) is 0 Å². The van der Waals surface area contributed by atoms with Crippen LogP contribution in [0.1, 0.15) is 5.56 Å². The van der Waals surface area contributed by atoms with E-state index in [4.69, 9.17) is 11.6 Å². The molecular weight excluding hydrogens is 308 g/mol. The van der Waals surface area contributed by atoms with Crippen LogP contribution in [0, 0.1) is 12.7 Å². The Morgan fingerprint density at radius 2 is 2.12 bits per heavy atom. The topological polar surface area (TPSA) is 37.8 Å². The predicted molar refractivity (Wildman–Crippen MR) is 69.2 cm³/mol. The lowest BCUT2D eigenvalue weighted by Crippen LogP contribution is -1.98. The van der Waals surface area contributed by atoms with Crippen LogP contribution >= 0.6 is 27.5 Å². The summed E-state index contributed by atoms with van der Waals surface area (Å²) in [4.78, 5) is 7.89. The Kier molecular flexibility index (Phi) is 3.59. The molecule has 1 heterocycles. The minimum absolute atomic E-state index is 0.340. The monoisotopic (exact) mass is 315 g/mol. The molecule has 0 unspecified atom stereocenters. The first-order chi connectivity index (χ1) is 8.08. The smallest absolute Gasteiger partial charge is 0.139 e. The van der Waals surface area contributed by atoms with Gasteiger partial charge in [0, 0.05) is 11.3 Å². The van der Waals surface area contributed by atoms with E-state index in [1.54, 1.807) is 19.1 Å². The van der Waals surface area contributed by atoms with Gasteiger partial charge in [-0.2, -0.15) is 0 Å². The fourth-order valence-electron chi connectivity index (χ4n) is 1.27.